The number of nitrogens with zero attached hydrogens (tertiary/aromatic N) is 1. The zero-order valence-electron chi connectivity index (χ0n) is 10.2. The summed E-state index contributed by atoms with van der Waals surface area (Å²) in [7, 11) is 1.43. The van der Waals surface area contributed by atoms with E-state index in [1.165, 1.54) is 23.6 Å². The molecule has 0 atom stereocenters. The molecule has 94 valence electrons. The molecule has 3 rings (SSSR count). The Morgan fingerprint density at radius 2 is 2.33 bits per heavy atom. The van der Waals surface area contributed by atoms with Gasteiger partial charge in [-0.3, -0.25) is 4.79 Å². The molecule has 0 bridgehead atoms. The molecule has 0 N–H and O–H groups in total. The molecule has 2 heterocycles. The SMILES string of the molecule is COC(=O)Cc1cc2c3c(c1)c(Br)cn3CCC2. The normalized spacial score (nSPS) is 13.9. The molecule has 1 aliphatic rings. The summed E-state index contributed by atoms with van der Waals surface area (Å²) in [6.07, 6.45) is 4.72. The van der Waals surface area contributed by atoms with Crippen molar-refractivity contribution in [1.82, 2.24) is 4.57 Å². The van der Waals surface area contributed by atoms with Crippen molar-refractivity contribution < 1.29 is 9.53 Å². The van der Waals surface area contributed by atoms with Crippen molar-refractivity contribution in [3.63, 3.8) is 0 Å². The first kappa shape index (κ1) is 11.8. The number of halogens is 1. The highest BCUT2D eigenvalue weighted by Crippen LogP contribution is 2.33. The largest absolute Gasteiger partial charge is 0.469 e. The Morgan fingerprint density at radius 3 is 3.11 bits per heavy atom. The number of hydrogen-bond acceptors (Lipinski definition) is 2. The molecule has 0 aliphatic carbocycles. The molecule has 1 aromatic heterocycles. The summed E-state index contributed by atoms with van der Waals surface area (Å²) >= 11 is 3.60. The summed E-state index contributed by atoms with van der Waals surface area (Å²) in [6, 6.07) is 4.23. The third-order valence-electron chi connectivity index (χ3n) is 3.48. The lowest BCUT2D eigenvalue weighted by molar-refractivity contribution is -0.139. The van der Waals surface area contributed by atoms with Gasteiger partial charge in [-0.2, -0.15) is 0 Å². The van der Waals surface area contributed by atoms with Gasteiger partial charge >= 0.3 is 5.97 Å². The van der Waals surface area contributed by atoms with Gasteiger partial charge < -0.3 is 9.30 Å². The van der Waals surface area contributed by atoms with Crippen LogP contribution in [0, 0.1) is 0 Å². The van der Waals surface area contributed by atoms with E-state index in [1.807, 2.05) is 0 Å². The Labute approximate surface area is 114 Å². The summed E-state index contributed by atoms with van der Waals surface area (Å²) in [4.78, 5) is 11.4. The van der Waals surface area contributed by atoms with Gasteiger partial charge in [-0.1, -0.05) is 6.07 Å². The van der Waals surface area contributed by atoms with Crippen LogP contribution < -0.4 is 0 Å². The lowest BCUT2D eigenvalue weighted by atomic mass is 9.99. The number of carbonyl (C=O) groups is 1. The lowest BCUT2D eigenvalue weighted by Gasteiger charge is -2.16. The number of aryl methyl sites for hydroxylation is 2. The van der Waals surface area contributed by atoms with Gasteiger partial charge in [0.25, 0.3) is 0 Å². The number of rotatable bonds is 2. The Bertz CT molecular complexity index is 630. The molecule has 0 fully saturated rings. The summed E-state index contributed by atoms with van der Waals surface area (Å²) in [5.41, 5.74) is 3.68. The average molecular weight is 308 g/mol. The fourth-order valence-electron chi connectivity index (χ4n) is 2.70. The van der Waals surface area contributed by atoms with E-state index in [4.69, 9.17) is 4.74 Å². The van der Waals surface area contributed by atoms with Gasteiger partial charge in [-0.15, -0.1) is 0 Å². The topological polar surface area (TPSA) is 31.2 Å². The van der Waals surface area contributed by atoms with Gasteiger partial charge in [0.1, 0.15) is 0 Å². The van der Waals surface area contributed by atoms with Crippen LogP contribution in [-0.2, 0) is 28.9 Å². The van der Waals surface area contributed by atoms with Crippen LogP contribution in [0.1, 0.15) is 17.5 Å². The first-order valence-electron chi connectivity index (χ1n) is 6.06. The van der Waals surface area contributed by atoms with E-state index in [2.05, 4.69) is 38.8 Å². The zero-order valence-corrected chi connectivity index (χ0v) is 11.8. The molecule has 0 spiro atoms. The van der Waals surface area contributed by atoms with Gasteiger partial charge in [0.05, 0.1) is 19.0 Å². The number of benzene rings is 1. The molecular weight excluding hydrogens is 294 g/mol. The maximum Gasteiger partial charge on any atom is 0.309 e. The van der Waals surface area contributed by atoms with Crippen LogP contribution in [0.5, 0.6) is 0 Å². The summed E-state index contributed by atoms with van der Waals surface area (Å²) < 4.78 is 8.13. The van der Waals surface area contributed by atoms with Crippen LogP contribution in [-0.4, -0.2) is 17.6 Å². The van der Waals surface area contributed by atoms with Crippen LogP contribution in [0.2, 0.25) is 0 Å². The smallest absolute Gasteiger partial charge is 0.309 e. The molecule has 0 saturated heterocycles. The van der Waals surface area contributed by atoms with Gasteiger partial charge in [0, 0.05) is 22.6 Å². The molecule has 3 nitrogen and oxygen atoms in total. The minimum Gasteiger partial charge on any atom is -0.469 e. The van der Waals surface area contributed by atoms with Crippen LogP contribution in [0.15, 0.2) is 22.8 Å². The molecule has 1 aromatic carbocycles. The third-order valence-corrected chi connectivity index (χ3v) is 4.12. The molecule has 4 heteroatoms. The van der Waals surface area contributed by atoms with Crippen LogP contribution in [0.4, 0.5) is 0 Å². The van der Waals surface area contributed by atoms with Gasteiger partial charge in [-0.25, -0.2) is 0 Å². The van der Waals surface area contributed by atoms with Crippen LogP contribution in [0.3, 0.4) is 0 Å². The van der Waals surface area contributed by atoms with Gasteiger partial charge in [-0.05, 0) is 46.0 Å². The molecular formula is C14H14BrNO2. The predicted octanol–water partition coefficient (Wildman–Crippen LogP) is 3.07. The first-order chi connectivity index (χ1) is 8.69. The standard InChI is InChI=1S/C14H14BrNO2/c1-18-13(17)7-9-5-10-3-2-4-16-8-12(15)11(6-9)14(10)16/h5-6,8H,2-4,7H2,1H3. The molecule has 0 unspecified atom stereocenters. The maximum atomic E-state index is 11.4. The van der Waals surface area contributed by atoms with E-state index in [9.17, 15) is 4.79 Å². The molecule has 2 aromatic rings. The number of ether oxygens (including phenoxy) is 1. The predicted molar refractivity (Wildman–Crippen MR) is 73.7 cm³/mol. The summed E-state index contributed by atoms with van der Waals surface area (Å²) in [6.45, 7) is 1.07. The molecule has 0 radical (unpaired) electrons. The van der Waals surface area contributed by atoms with E-state index >= 15 is 0 Å². The molecule has 0 saturated carbocycles. The highest BCUT2D eigenvalue weighted by molar-refractivity contribution is 9.10. The van der Waals surface area contributed by atoms with Crippen LogP contribution in [0.25, 0.3) is 10.9 Å². The average Bonchev–Trinajstić information content (AvgIpc) is 2.68. The summed E-state index contributed by atoms with van der Waals surface area (Å²) in [5.74, 6) is -0.187. The van der Waals surface area contributed by atoms with Crippen molar-refractivity contribution in [3.8, 4) is 0 Å². The fraction of sp³-hybridized carbons (Fsp3) is 0.357. The van der Waals surface area contributed by atoms with E-state index < -0.39 is 0 Å². The fourth-order valence-corrected chi connectivity index (χ4v) is 3.25. The Morgan fingerprint density at radius 1 is 1.50 bits per heavy atom. The highest BCUT2D eigenvalue weighted by atomic mass is 79.9. The maximum absolute atomic E-state index is 11.4. The number of hydrogen-bond donors (Lipinski definition) is 0. The monoisotopic (exact) mass is 307 g/mol. The lowest BCUT2D eigenvalue weighted by Crippen LogP contribution is -2.09. The van der Waals surface area contributed by atoms with Gasteiger partial charge in [0.15, 0.2) is 0 Å². The van der Waals surface area contributed by atoms with Crippen molar-refractivity contribution in [1.29, 1.82) is 0 Å². The number of carbonyl (C=O) groups excluding carboxylic acids is 1. The first-order valence-corrected chi connectivity index (χ1v) is 6.85. The molecule has 0 amide bonds. The van der Waals surface area contributed by atoms with Crippen molar-refractivity contribution in [2.75, 3.05) is 7.11 Å². The molecule has 18 heavy (non-hydrogen) atoms. The van der Waals surface area contributed by atoms with Crippen molar-refractivity contribution >= 4 is 32.8 Å². The third kappa shape index (κ3) is 1.85. The number of methoxy groups -OCH3 is 1. The van der Waals surface area contributed by atoms with Crippen molar-refractivity contribution in [3.05, 3.63) is 33.9 Å². The second kappa shape index (κ2) is 4.43. The summed E-state index contributed by atoms with van der Waals surface area (Å²) in [5, 5.41) is 1.20. The second-order valence-electron chi connectivity index (χ2n) is 4.68. The Balaban J connectivity index is 2.14. The molecule has 1 aliphatic heterocycles. The Hall–Kier alpha value is -1.29. The van der Waals surface area contributed by atoms with E-state index in [0.717, 1.165) is 29.4 Å². The minimum absolute atomic E-state index is 0.187. The quantitative estimate of drug-likeness (QED) is 0.799. The van der Waals surface area contributed by atoms with E-state index in [0.29, 0.717) is 6.42 Å². The van der Waals surface area contributed by atoms with Crippen molar-refractivity contribution in [2.24, 2.45) is 0 Å². The van der Waals surface area contributed by atoms with E-state index in [-0.39, 0.29) is 5.97 Å². The van der Waals surface area contributed by atoms with Crippen molar-refractivity contribution in [2.45, 2.75) is 25.8 Å². The Kier molecular flexibility index (Phi) is 2.90. The number of esters is 1. The van der Waals surface area contributed by atoms with E-state index in [1.54, 1.807) is 0 Å². The highest BCUT2D eigenvalue weighted by Gasteiger charge is 2.17. The zero-order chi connectivity index (χ0) is 12.7. The van der Waals surface area contributed by atoms with Gasteiger partial charge in [0.2, 0.25) is 0 Å². The number of aromatic nitrogens is 1. The van der Waals surface area contributed by atoms with Crippen LogP contribution >= 0.6 is 15.9 Å². The minimum atomic E-state index is -0.187. The second-order valence-corrected chi connectivity index (χ2v) is 5.53.